The Bertz CT molecular complexity index is 398. The van der Waals surface area contributed by atoms with E-state index in [1.807, 2.05) is 12.1 Å². The van der Waals surface area contributed by atoms with E-state index in [1.165, 1.54) is 6.20 Å². The lowest BCUT2D eigenvalue weighted by Gasteiger charge is -1.94. The van der Waals surface area contributed by atoms with Crippen LogP contribution >= 0.6 is 0 Å². The molecule has 2 rings (SSSR count). The van der Waals surface area contributed by atoms with Crippen LogP contribution in [0.4, 0.5) is 0 Å². The smallest absolute Gasteiger partial charge is 0.198 e. The second kappa shape index (κ2) is 4.02. The number of aliphatic hydroxyl groups excluding tert-OH is 1. The summed E-state index contributed by atoms with van der Waals surface area (Å²) in [6.07, 6.45) is 5.63. The van der Waals surface area contributed by atoms with Gasteiger partial charge < -0.3 is 9.52 Å². The standard InChI is InChI=1S/C10H10N2O2/c13-7-9-6-12-10(14-9)4-8-2-1-3-11-5-8/h1-3,5-6,13H,4,7H2. The van der Waals surface area contributed by atoms with E-state index >= 15 is 0 Å². The largest absolute Gasteiger partial charge is 0.443 e. The van der Waals surface area contributed by atoms with Gasteiger partial charge in [0.1, 0.15) is 12.4 Å². The fourth-order valence-electron chi connectivity index (χ4n) is 1.18. The predicted octanol–water partition coefficient (Wildman–Crippen LogP) is 1.15. The molecule has 0 aliphatic heterocycles. The van der Waals surface area contributed by atoms with Gasteiger partial charge in [0, 0.05) is 12.4 Å². The first-order valence-electron chi connectivity index (χ1n) is 4.32. The van der Waals surface area contributed by atoms with Crippen molar-refractivity contribution < 1.29 is 9.52 Å². The van der Waals surface area contributed by atoms with Gasteiger partial charge in [-0.2, -0.15) is 0 Å². The van der Waals surface area contributed by atoms with Gasteiger partial charge in [0.15, 0.2) is 5.89 Å². The van der Waals surface area contributed by atoms with E-state index < -0.39 is 0 Å². The van der Waals surface area contributed by atoms with Gasteiger partial charge in [-0.15, -0.1) is 0 Å². The molecule has 0 bridgehead atoms. The van der Waals surface area contributed by atoms with Crippen molar-refractivity contribution in [3.63, 3.8) is 0 Å². The Balaban J connectivity index is 2.11. The number of hydrogen-bond donors (Lipinski definition) is 1. The molecule has 4 heteroatoms. The fraction of sp³-hybridized carbons (Fsp3) is 0.200. The summed E-state index contributed by atoms with van der Waals surface area (Å²) in [6, 6.07) is 3.82. The second-order valence-electron chi connectivity index (χ2n) is 2.92. The van der Waals surface area contributed by atoms with E-state index in [9.17, 15) is 0 Å². The maximum Gasteiger partial charge on any atom is 0.198 e. The first-order chi connectivity index (χ1) is 6.88. The quantitative estimate of drug-likeness (QED) is 0.788. The van der Waals surface area contributed by atoms with Crippen LogP contribution in [0.1, 0.15) is 17.2 Å². The maximum absolute atomic E-state index is 8.77. The summed E-state index contributed by atoms with van der Waals surface area (Å²) < 4.78 is 5.25. The number of aromatic nitrogens is 2. The minimum atomic E-state index is -0.111. The highest BCUT2D eigenvalue weighted by Gasteiger charge is 2.03. The van der Waals surface area contributed by atoms with Crippen LogP contribution in [0, 0.1) is 0 Å². The molecule has 0 atom stereocenters. The number of hydrogen-bond acceptors (Lipinski definition) is 4. The average molecular weight is 190 g/mol. The summed E-state index contributed by atoms with van der Waals surface area (Å²) in [5.41, 5.74) is 1.04. The molecule has 0 radical (unpaired) electrons. The number of nitrogens with zero attached hydrogens (tertiary/aromatic N) is 2. The van der Waals surface area contributed by atoms with Gasteiger partial charge in [0.2, 0.25) is 0 Å². The van der Waals surface area contributed by atoms with Crippen LogP contribution < -0.4 is 0 Å². The van der Waals surface area contributed by atoms with E-state index in [0.29, 0.717) is 18.1 Å². The summed E-state index contributed by atoms with van der Waals surface area (Å²) in [7, 11) is 0. The lowest BCUT2D eigenvalue weighted by molar-refractivity contribution is 0.244. The summed E-state index contributed by atoms with van der Waals surface area (Å²) in [6.45, 7) is -0.111. The van der Waals surface area contributed by atoms with Crippen LogP contribution in [-0.4, -0.2) is 15.1 Å². The second-order valence-corrected chi connectivity index (χ2v) is 2.92. The van der Waals surface area contributed by atoms with Crippen molar-refractivity contribution in [2.75, 3.05) is 0 Å². The molecule has 0 unspecified atom stereocenters. The molecule has 2 aromatic rings. The van der Waals surface area contributed by atoms with E-state index in [-0.39, 0.29) is 6.61 Å². The van der Waals surface area contributed by atoms with Gasteiger partial charge in [0.25, 0.3) is 0 Å². The van der Waals surface area contributed by atoms with Gasteiger partial charge >= 0.3 is 0 Å². The lowest BCUT2D eigenvalue weighted by Crippen LogP contribution is -1.88. The number of pyridine rings is 1. The van der Waals surface area contributed by atoms with E-state index in [0.717, 1.165) is 5.56 Å². The van der Waals surface area contributed by atoms with Gasteiger partial charge in [-0.1, -0.05) is 6.07 Å². The van der Waals surface area contributed by atoms with Crippen LogP contribution in [-0.2, 0) is 13.0 Å². The Hall–Kier alpha value is -1.68. The molecule has 0 aliphatic rings. The molecule has 0 aliphatic carbocycles. The molecule has 14 heavy (non-hydrogen) atoms. The zero-order valence-corrected chi connectivity index (χ0v) is 7.55. The molecule has 2 aromatic heterocycles. The molecule has 72 valence electrons. The molecule has 4 nitrogen and oxygen atoms in total. The van der Waals surface area contributed by atoms with Crippen molar-refractivity contribution in [3.05, 3.63) is 47.9 Å². The van der Waals surface area contributed by atoms with Crippen molar-refractivity contribution in [1.29, 1.82) is 0 Å². The highest BCUT2D eigenvalue weighted by atomic mass is 16.4. The third-order valence-electron chi connectivity index (χ3n) is 1.84. The number of oxazole rings is 1. The van der Waals surface area contributed by atoms with Crippen LogP contribution in [0.25, 0.3) is 0 Å². The van der Waals surface area contributed by atoms with E-state index in [2.05, 4.69) is 9.97 Å². The van der Waals surface area contributed by atoms with Gasteiger partial charge in [0.05, 0.1) is 12.6 Å². The third-order valence-corrected chi connectivity index (χ3v) is 1.84. The molecule has 0 saturated carbocycles. The van der Waals surface area contributed by atoms with Crippen LogP contribution in [0.5, 0.6) is 0 Å². The molecule has 0 fully saturated rings. The minimum absolute atomic E-state index is 0.111. The molecular weight excluding hydrogens is 180 g/mol. The Morgan fingerprint density at radius 1 is 1.36 bits per heavy atom. The summed E-state index contributed by atoms with van der Waals surface area (Å²) >= 11 is 0. The molecule has 1 N–H and O–H groups in total. The zero-order valence-electron chi connectivity index (χ0n) is 7.55. The first-order valence-corrected chi connectivity index (χ1v) is 4.32. The zero-order chi connectivity index (χ0) is 9.80. The van der Waals surface area contributed by atoms with Crippen LogP contribution in [0.2, 0.25) is 0 Å². The summed E-state index contributed by atoms with van der Waals surface area (Å²) in [5.74, 6) is 1.09. The third kappa shape index (κ3) is 1.97. The minimum Gasteiger partial charge on any atom is -0.443 e. The van der Waals surface area contributed by atoms with E-state index in [1.54, 1.807) is 12.4 Å². The topological polar surface area (TPSA) is 59.2 Å². The van der Waals surface area contributed by atoms with Gasteiger partial charge in [-0.3, -0.25) is 4.98 Å². The van der Waals surface area contributed by atoms with Gasteiger partial charge in [-0.25, -0.2) is 4.98 Å². The Kier molecular flexibility index (Phi) is 2.55. The molecule has 0 aromatic carbocycles. The van der Waals surface area contributed by atoms with Crippen molar-refractivity contribution in [2.45, 2.75) is 13.0 Å². The number of aliphatic hydroxyl groups is 1. The SMILES string of the molecule is OCc1cnc(Cc2cccnc2)o1. The van der Waals surface area contributed by atoms with Crippen LogP contribution in [0.3, 0.4) is 0 Å². The fourth-order valence-corrected chi connectivity index (χ4v) is 1.18. The normalized spacial score (nSPS) is 10.4. The van der Waals surface area contributed by atoms with Gasteiger partial charge in [-0.05, 0) is 11.6 Å². The Labute approximate surface area is 81.2 Å². The van der Waals surface area contributed by atoms with Crippen molar-refractivity contribution in [1.82, 2.24) is 9.97 Å². The Morgan fingerprint density at radius 3 is 2.93 bits per heavy atom. The Morgan fingerprint density at radius 2 is 2.29 bits per heavy atom. The van der Waals surface area contributed by atoms with Crippen molar-refractivity contribution in [3.8, 4) is 0 Å². The lowest BCUT2D eigenvalue weighted by atomic mass is 10.2. The molecule has 0 saturated heterocycles. The molecule has 0 amide bonds. The summed E-state index contributed by atoms with van der Waals surface area (Å²) in [4.78, 5) is 8.02. The molecular formula is C10H10N2O2. The van der Waals surface area contributed by atoms with Crippen LogP contribution in [0.15, 0.2) is 35.1 Å². The van der Waals surface area contributed by atoms with E-state index in [4.69, 9.17) is 9.52 Å². The molecule has 0 spiro atoms. The maximum atomic E-state index is 8.77. The highest BCUT2D eigenvalue weighted by molar-refractivity contribution is 5.13. The van der Waals surface area contributed by atoms with Crippen molar-refractivity contribution in [2.24, 2.45) is 0 Å². The first kappa shape index (κ1) is 8.90. The summed E-state index contributed by atoms with van der Waals surface area (Å²) in [5, 5.41) is 8.77. The predicted molar refractivity (Wildman–Crippen MR) is 49.5 cm³/mol. The molecule has 2 heterocycles. The van der Waals surface area contributed by atoms with Crippen molar-refractivity contribution >= 4 is 0 Å². The highest BCUT2D eigenvalue weighted by Crippen LogP contribution is 2.08. The monoisotopic (exact) mass is 190 g/mol. The average Bonchev–Trinajstić information content (AvgIpc) is 2.67. The number of rotatable bonds is 3.